The first-order valence-corrected chi connectivity index (χ1v) is 12.7. The highest BCUT2D eigenvalue weighted by Gasteiger charge is 2.22. The average Bonchev–Trinajstić information content (AvgIpc) is 3.29. The molecule has 4 rings (SSSR count). The van der Waals surface area contributed by atoms with Gasteiger partial charge in [0, 0.05) is 32.6 Å². The number of amides is 1. The van der Waals surface area contributed by atoms with Crippen LogP contribution < -0.4 is 9.60 Å². The molecule has 0 spiro atoms. The van der Waals surface area contributed by atoms with Gasteiger partial charge in [-0.15, -0.1) is 0 Å². The van der Waals surface area contributed by atoms with E-state index < -0.39 is 10.0 Å². The third kappa shape index (κ3) is 4.58. The molecule has 0 saturated carbocycles. The Morgan fingerprint density at radius 2 is 1.87 bits per heavy atom. The zero-order chi connectivity index (χ0) is 22.0. The van der Waals surface area contributed by atoms with Gasteiger partial charge in [0.15, 0.2) is 0 Å². The van der Waals surface area contributed by atoms with Crippen LogP contribution in [0.25, 0.3) is 10.2 Å². The van der Waals surface area contributed by atoms with Crippen molar-refractivity contribution in [2.45, 2.75) is 50.7 Å². The van der Waals surface area contributed by atoms with Gasteiger partial charge >= 0.3 is 4.87 Å². The molecule has 164 valence electrons. The van der Waals surface area contributed by atoms with Gasteiger partial charge in [0.2, 0.25) is 15.9 Å². The molecule has 7 nitrogen and oxygen atoms in total. The Morgan fingerprint density at radius 3 is 2.58 bits per heavy atom. The van der Waals surface area contributed by atoms with E-state index in [9.17, 15) is 18.0 Å². The topological polar surface area (TPSA) is 88.5 Å². The summed E-state index contributed by atoms with van der Waals surface area (Å²) in [6.45, 7) is 3.96. The molecule has 0 aliphatic carbocycles. The average molecular weight is 460 g/mol. The van der Waals surface area contributed by atoms with E-state index in [1.165, 1.54) is 6.07 Å². The van der Waals surface area contributed by atoms with E-state index in [2.05, 4.69) is 4.72 Å². The monoisotopic (exact) mass is 459 g/mol. The summed E-state index contributed by atoms with van der Waals surface area (Å²) in [5.74, 6) is 0.137. The van der Waals surface area contributed by atoms with Gasteiger partial charge in [-0.25, -0.2) is 13.1 Å². The summed E-state index contributed by atoms with van der Waals surface area (Å²) in [7, 11) is -3.76. The van der Waals surface area contributed by atoms with Crippen LogP contribution in [0.1, 0.15) is 37.3 Å². The number of hydrogen-bond donors (Lipinski definition) is 1. The maximum atomic E-state index is 12.9. The minimum atomic E-state index is -3.76. The van der Waals surface area contributed by atoms with Crippen LogP contribution >= 0.6 is 11.3 Å². The number of thiazole rings is 1. The van der Waals surface area contributed by atoms with E-state index in [0.717, 1.165) is 47.4 Å². The lowest BCUT2D eigenvalue weighted by Crippen LogP contribution is -2.27. The quantitative estimate of drug-likeness (QED) is 0.561. The number of likely N-dealkylation sites (tertiary alicyclic amines) is 1. The third-order valence-electron chi connectivity index (χ3n) is 5.50. The van der Waals surface area contributed by atoms with Crippen molar-refractivity contribution >= 4 is 37.5 Å². The summed E-state index contributed by atoms with van der Waals surface area (Å²) in [5.41, 5.74) is 2.53. The van der Waals surface area contributed by atoms with E-state index in [0.29, 0.717) is 24.2 Å². The molecule has 1 aliphatic rings. The van der Waals surface area contributed by atoms with Crippen molar-refractivity contribution in [2.24, 2.45) is 0 Å². The summed E-state index contributed by atoms with van der Waals surface area (Å²) in [6.07, 6.45) is 2.27. The highest BCUT2D eigenvalue weighted by atomic mass is 32.2. The van der Waals surface area contributed by atoms with Gasteiger partial charge < -0.3 is 4.90 Å². The van der Waals surface area contributed by atoms with Gasteiger partial charge in [-0.3, -0.25) is 14.2 Å². The van der Waals surface area contributed by atoms with E-state index in [-0.39, 0.29) is 22.2 Å². The second-order valence-electron chi connectivity index (χ2n) is 7.66. The highest BCUT2D eigenvalue weighted by molar-refractivity contribution is 7.89. The number of benzene rings is 2. The number of aromatic nitrogens is 1. The normalized spacial score (nSPS) is 14.6. The Labute approximate surface area is 185 Å². The van der Waals surface area contributed by atoms with Gasteiger partial charge in [0.05, 0.1) is 15.1 Å². The van der Waals surface area contributed by atoms with Crippen molar-refractivity contribution in [3.05, 3.63) is 63.3 Å². The molecule has 1 aromatic heterocycles. The Kier molecular flexibility index (Phi) is 6.27. The molecule has 0 unspecified atom stereocenters. The lowest BCUT2D eigenvalue weighted by Gasteiger charge is -2.18. The van der Waals surface area contributed by atoms with E-state index in [4.69, 9.17) is 0 Å². The van der Waals surface area contributed by atoms with Crippen molar-refractivity contribution < 1.29 is 13.2 Å². The van der Waals surface area contributed by atoms with Crippen LogP contribution in [0.5, 0.6) is 0 Å². The predicted octanol–water partition coefficient (Wildman–Crippen LogP) is 3.07. The number of fused-ring (bicyclic) bond motifs is 1. The van der Waals surface area contributed by atoms with Crippen LogP contribution in [0.3, 0.4) is 0 Å². The molecule has 0 atom stereocenters. The molecular formula is C22H25N3O4S2. The predicted molar refractivity (Wildman–Crippen MR) is 121 cm³/mol. The number of nitrogens with one attached hydrogen (secondary N) is 1. The van der Waals surface area contributed by atoms with Gasteiger partial charge in [0.1, 0.15) is 0 Å². The summed E-state index contributed by atoms with van der Waals surface area (Å²) in [5, 5.41) is 0. The van der Waals surface area contributed by atoms with Crippen LogP contribution in [0.4, 0.5) is 0 Å². The third-order valence-corrected chi connectivity index (χ3v) is 7.84. The summed E-state index contributed by atoms with van der Waals surface area (Å²) < 4.78 is 30.8. The van der Waals surface area contributed by atoms with Crippen molar-refractivity contribution in [3.63, 3.8) is 0 Å². The van der Waals surface area contributed by atoms with E-state index >= 15 is 0 Å². The molecule has 1 saturated heterocycles. The largest absolute Gasteiger partial charge is 0.338 e. The zero-order valence-electron chi connectivity index (χ0n) is 17.3. The Balaban J connectivity index is 1.53. The number of carbonyl (C=O) groups excluding carboxylic acids is 1. The standard InChI is InChI=1S/C22H25N3O4S2/c1-2-11-25-19-10-9-18(13-20(19)30-22(25)27)31(28,29)23-14-16-6-3-4-7-17(16)15-24-12-5-8-21(24)26/h3-4,6-7,9-10,13,23H,2,5,8,11-12,14-15H2,1H3. The van der Waals surface area contributed by atoms with Crippen LogP contribution in [-0.4, -0.2) is 30.3 Å². The van der Waals surface area contributed by atoms with Crippen LogP contribution in [0.2, 0.25) is 0 Å². The van der Waals surface area contributed by atoms with E-state index in [1.54, 1.807) is 16.7 Å². The first kappa shape index (κ1) is 21.7. The molecule has 1 fully saturated rings. The number of carbonyl (C=O) groups is 1. The van der Waals surface area contributed by atoms with Crippen LogP contribution in [0, 0.1) is 0 Å². The second-order valence-corrected chi connectivity index (χ2v) is 10.4. The highest BCUT2D eigenvalue weighted by Crippen LogP contribution is 2.23. The molecule has 1 N–H and O–H groups in total. The number of sulfonamides is 1. The maximum absolute atomic E-state index is 12.9. The molecule has 3 aromatic rings. The molecule has 31 heavy (non-hydrogen) atoms. The van der Waals surface area contributed by atoms with E-state index in [1.807, 2.05) is 36.1 Å². The molecule has 2 heterocycles. The zero-order valence-corrected chi connectivity index (χ0v) is 19.0. The van der Waals surface area contributed by atoms with Gasteiger partial charge in [0.25, 0.3) is 0 Å². The Bertz CT molecular complexity index is 1280. The summed E-state index contributed by atoms with van der Waals surface area (Å²) >= 11 is 1.06. The van der Waals surface area contributed by atoms with Crippen molar-refractivity contribution in [2.75, 3.05) is 6.54 Å². The lowest BCUT2D eigenvalue weighted by molar-refractivity contribution is -0.128. The van der Waals surface area contributed by atoms with Crippen molar-refractivity contribution in [1.29, 1.82) is 0 Å². The molecule has 1 amide bonds. The molecular weight excluding hydrogens is 434 g/mol. The minimum Gasteiger partial charge on any atom is -0.338 e. The maximum Gasteiger partial charge on any atom is 0.308 e. The number of rotatable bonds is 8. The number of nitrogens with zero attached hydrogens (tertiary/aromatic N) is 2. The second kappa shape index (κ2) is 8.94. The fourth-order valence-corrected chi connectivity index (χ4v) is 5.93. The molecule has 2 aromatic carbocycles. The van der Waals surface area contributed by atoms with Gasteiger partial charge in [-0.05, 0) is 42.2 Å². The van der Waals surface area contributed by atoms with Crippen molar-refractivity contribution in [1.82, 2.24) is 14.2 Å². The molecule has 0 radical (unpaired) electrons. The first-order valence-electron chi connectivity index (χ1n) is 10.4. The smallest absolute Gasteiger partial charge is 0.308 e. The number of aryl methyl sites for hydroxylation is 1. The molecule has 1 aliphatic heterocycles. The van der Waals surface area contributed by atoms with Crippen molar-refractivity contribution in [3.8, 4) is 0 Å². The number of hydrogen-bond acceptors (Lipinski definition) is 5. The fraction of sp³-hybridized carbons (Fsp3) is 0.364. The SMILES string of the molecule is CCCn1c(=O)sc2cc(S(=O)(=O)NCc3ccccc3CN3CCCC3=O)ccc21. The Morgan fingerprint density at radius 1 is 1.10 bits per heavy atom. The lowest BCUT2D eigenvalue weighted by atomic mass is 10.1. The van der Waals surface area contributed by atoms with Crippen LogP contribution in [-0.2, 0) is 34.5 Å². The minimum absolute atomic E-state index is 0.0789. The molecule has 0 bridgehead atoms. The summed E-state index contributed by atoms with van der Waals surface area (Å²) in [4.78, 5) is 26.0. The van der Waals surface area contributed by atoms with Gasteiger partial charge in [-0.1, -0.05) is 42.5 Å². The fourth-order valence-electron chi connectivity index (χ4n) is 3.87. The molecule has 9 heteroatoms. The Hall–Kier alpha value is -2.49. The first-order chi connectivity index (χ1) is 14.9. The summed E-state index contributed by atoms with van der Waals surface area (Å²) in [6, 6.07) is 12.4. The van der Waals surface area contributed by atoms with Gasteiger partial charge in [-0.2, -0.15) is 0 Å². The van der Waals surface area contributed by atoms with Crippen LogP contribution in [0.15, 0.2) is 52.2 Å².